The van der Waals surface area contributed by atoms with Gasteiger partial charge in [0, 0.05) is 4.88 Å². The van der Waals surface area contributed by atoms with Crippen molar-refractivity contribution in [2.24, 2.45) is 0 Å². The van der Waals surface area contributed by atoms with E-state index >= 15 is 0 Å². The largest absolute Gasteiger partial charge is 0.478 e. The Labute approximate surface area is 112 Å². The smallest absolute Gasteiger partial charge is 0.339 e. The summed E-state index contributed by atoms with van der Waals surface area (Å²) in [6.45, 7) is 0. The molecule has 1 aliphatic carbocycles. The third-order valence-corrected chi connectivity index (χ3v) is 4.31. The van der Waals surface area contributed by atoms with E-state index in [1.807, 2.05) is 0 Å². The molecular weight excluding hydrogens is 266 g/mol. The Bertz CT molecular complexity index is 645. The Hall–Kier alpha value is -2.15. The lowest BCUT2D eigenvalue weighted by Gasteiger charge is -2.03. The maximum atomic E-state index is 11.9. The van der Waals surface area contributed by atoms with Gasteiger partial charge >= 0.3 is 5.97 Å². The summed E-state index contributed by atoms with van der Waals surface area (Å²) in [6, 6.07) is 0. The van der Waals surface area contributed by atoms with Crippen molar-refractivity contribution in [2.45, 2.75) is 19.3 Å². The summed E-state index contributed by atoms with van der Waals surface area (Å²) < 4.78 is 0. The minimum absolute atomic E-state index is 0.241. The zero-order valence-electron chi connectivity index (χ0n) is 9.90. The van der Waals surface area contributed by atoms with Gasteiger partial charge in [0.2, 0.25) is 0 Å². The highest BCUT2D eigenvalue weighted by Gasteiger charge is 2.27. The van der Waals surface area contributed by atoms with Crippen LogP contribution < -0.4 is 5.32 Å². The van der Waals surface area contributed by atoms with E-state index in [2.05, 4.69) is 15.3 Å². The molecule has 7 heteroatoms. The molecule has 0 aliphatic heterocycles. The van der Waals surface area contributed by atoms with Crippen LogP contribution in [0.4, 0.5) is 5.00 Å². The van der Waals surface area contributed by atoms with Gasteiger partial charge in [-0.3, -0.25) is 4.79 Å². The molecule has 1 aliphatic rings. The van der Waals surface area contributed by atoms with E-state index in [1.54, 1.807) is 0 Å². The normalized spacial score (nSPS) is 13.3. The van der Waals surface area contributed by atoms with Gasteiger partial charge in [0.05, 0.1) is 18.1 Å². The number of nitrogens with one attached hydrogen (secondary N) is 2. The fourth-order valence-electron chi connectivity index (χ4n) is 2.27. The highest BCUT2D eigenvalue weighted by Crippen LogP contribution is 2.39. The van der Waals surface area contributed by atoms with Crippen molar-refractivity contribution < 1.29 is 14.7 Å². The van der Waals surface area contributed by atoms with Crippen molar-refractivity contribution in [2.75, 3.05) is 5.32 Å². The number of carbonyl (C=O) groups is 2. The third kappa shape index (κ3) is 2.01. The summed E-state index contributed by atoms with van der Waals surface area (Å²) >= 11 is 1.36. The fourth-order valence-corrected chi connectivity index (χ4v) is 3.55. The van der Waals surface area contributed by atoms with Crippen LogP contribution in [0.2, 0.25) is 0 Å². The number of aryl methyl sites for hydroxylation is 1. The Kier molecular flexibility index (Phi) is 2.83. The van der Waals surface area contributed by atoms with E-state index in [0.29, 0.717) is 10.7 Å². The van der Waals surface area contributed by atoms with Gasteiger partial charge in [-0.1, -0.05) is 0 Å². The van der Waals surface area contributed by atoms with E-state index in [1.165, 1.54) is 23.9 Å². The number of anilines is 1. The Balaban J connectivity index is 1.93. The topological polar surface area (TPSA) is 95.1 Å². The van der Waals surface area contributed by atoms with Crippen molar-refractivity contribution in [3.8, 4) is 0 Å². The number of fused-ring (bicyclic) bond motifs is 1. The highest BCUT2D eigenvalue weighted by molar-refractivity contribution is 7.17. The maximum absolute atomic E-state index is 11.9. The predicted molar refractivity (Wildman–Crippen MR) is 69.8 cm³/mol. The molecule has 0 bridgehead atoms. The average molecular weight is 277 g/mol. The lowest BCUT2D eigenvalue weighted by molar-refractivity contribution is 0.0697. The minimum Gasteiger partial charge on any atom is -0.478 e. The number of carbonyl (C=O) groups excluding carboxylic acids is 1. The molecule has 3 rings (SSSR count). The van der Waals surface area contributed by atoms with Crippen molar-refractivity contribution in [3.05, 3.63) is 34.2 Å². The van der Waals surface area contributed by atoms with Gasteiger partial charge in [0.15, 0.2) is 0 Å². The molecule has 0 aromatic carbocycles. The average Bonchev–Trinajstić information content (AvgIpc) is 3.03. The number of carboxylic acid groups (broad SMARTS) is 1. The number of aromatic amines is 1. The number of carboxylic acids is 1. The van der Waals surface area contributed by atoms with Gasteiger partial charge in [0.1, 0.15) is 10.7 Å². The molecule has 3 N–H and O–H groups in total. The molecular formula is C12H11N3O3S. The Morgan fingerprint density at radius 3 is 2.95 bits per heavy atom. The molecule has 1 amide bonds. The first-order valence-corrected chi connectivity index (χ1v) is 6.66. The lowest BCUT2D eigenvalue weighted by Crippen LogP contribution is -2.14. The first-order chi connectivity index (χ1) is 9.16. The number of thiophene rings is 1. The molecule has 6 nitrogen and oxygen atoms in total. The summed E-state index contributed by atoms with van der Waals surface area (Å²) in [7, 11) is 0. The molecule has 0 atom stereocenters. The molecule has 2 heterocycles. The van der Waals surface area contributed by atoms with Crippen molar-refractivity contribution in [1.29, 1.82) is 0 Å². The molecule has 0 radical (unpaired) electrons. The van der Waals surface area contributed by atoms with Gasteiger partial charge in [-0.15, -0.1) is 11.3 Å². The number of imidazole rings is 1. The maximum Gasteiger partial charge on any atom is 0.339 e. The van der Waals surface area contributed by atoms with Gasteiger partial charge in [-0.25, -0.2) is 9.78 Å². The van der Waals surface area contributed by atoms with Gasteiger partial charge in [-0.2, -0.15) is 0 Å². The molecule has 2 aromatic rings. The van der Waals surface area contributed by atoms with Crippen LogP contribution in [0.3, 0.4) is 0 Å². The standard InChI is InChI=1S/C12H11N3O3S/c16-10(7-4-13-5-14-7)15-11-9(12(17)18)6-2-1-3-8(6)19-11/h4-5H,1-3H2,(H,13,14)(H,15,16)(H,17,18). The van der Waals surface area contributed by atoms with E-state index in [-0.39, 0.29) is 11.5 Å². The van der Waals surface area contributed by atoms with E-state index in [9.17, 15) is 14.7 Å². The van der Waals surface area contributed by atoms with Crippen LogP contribution in [0.25, 0.3) is 0 Å². The van der Waals surface area contributed by atoms with Crippen LogP contribution in [0.15, 0.2) is 12.5 Å². The lowest BCUT2D eigenvalue weighted by atomic mass is 10.1. The predicted octanol–water partition coefficient (Wildman–Crippen LogP) is 1.91. The first kappa shape index (κ1) is 11.9. The molecule has 2 aromatic heterocycles. The van der Waals surface area contributed by atoms with E-state index < -0.39 is 5.97 Å². The monoisotopic (exact) mass is 277 g/mol. The number of hydrogen-bond donors (Lipinski definition) is 3. The quantitative estimate of drug-likeness (QED) is 0.798. The van der Waals surface area contributed by atoms with Crippen LogP contribution in [0, 0.1) is 0 Å². The second-order valence-electron chi connectivity index (χ2n) is 4.29. The Morgan fingerprint density at radius 2 is 2.26 bits per heavy atom. The van der Waals surface area contributed by atoms with Crippen LogP contribution in [-0.2, 0) is 12.8 Å². The van der Waals surface area contributed by atoms with Gasteiger partial charge in [0.25, 0.3) is 5.91 Å². The minimum atomic E-state index is -0.987. The number of aromatic nitrogens is 2. The second-order valence-corrected chi connectivity index (χ2v) is 5.39. The number of H-pyrrole nitrogens is 1. The first-order valence-electron chi connectivity index (χ1n) is 5.84. The second kappa shape index (κ2) is 4.51. The highest BCUT2D eigenvalue weighted by atomic mass is 32.1. The fraction of sp³-hybridized carbons (Fsp3) is 0.250. The van der Waals surface area contributed by atoms with Crippen molar-refractivity contribution >= 4 is 28.2 Å². The van der Waals surface area contributed by atoms with Crippen LogP contribution >= 0.6 is 11.3 Å². The Morgan fingerprint density at radius 1 is 1.42 bits per heavy atom. The summed E-state index contributed by atoms with van der Waals surface area (Å²) in [4.78, 5) is 30.8. The molecule has 0 spiro atoms. The van der Waals surface area contributed by atoms with E-state index in [0.717, 1.165) is 29.7 Å². The van der Waals surface area contributed by atoms with Crippen molar-refractivity contribution in [3.63, 3.8) is 0 Å². The number of amides is 1. The SMILES string of the molecule is O=C(Nc1sc2c(c1C(=O)O)CCC2)c1cnc[nH]1. The molecule has 0 unspecified atom stereocenters. The number of aromatic carboxylic acids is 1. The third-order valence-electron chi connectivity index (χ3n) is 3.11. The molecule has 19 heavy (non-hydrogen) atoms. The molecule has 0 saturated heterocycles. The van der Waals surface area contributed by atoms with Crippen LogP contribution in [0.1, 0.15) is 37.7 Å². The van der Waals surface area contributed by atoms with Crippen LogP contribution in [-0.4, -0.2) is 27.0 Å². The number of hydrogen-bond acceptors (Lipinski definition) is 4. The summed E-state index contributed by atoms with van der Waals surface area (Å²) in [5, 5.41) is 12.4. The summed E-state index contributed by atoms with van der Waals surface area (Å²) in [5.41, 5.74) is 1.42. The zero-order chi connectivity index (χ0) is 13.4. The number of rotatable bonds is 3. The molecule has 0 fully saturated rings. The summed E-state index contributed by atoms with van der Waals surface area (Å²) in [6.07, 6.45) is 5.45. The van der Waals surface area contributed by atoms with E-state index in [4.69, 9.17) is 0 Å². The number of nitrogens with zero attached hydrogens (tertiary/aromatic N) is 1. The molecule has 0 saturated carbocycles. The van der Waals surface area contributed by atoms with Crippen molar-refractivity contribution in [1.82, 2.24) is 9.97 Å². The zero-order valence-corrected chi connectivity index (χ0v) is 10.7. The summed E-state index contributed by atoms with van der Waals surface area (Å²) in [5.74, 6) is -1.36. The van der Waals surface area contributed by atoms with Crippen LogP contribution in [0.5, 0.6) is 0 Å². The van der Waals surface area contributed by atoms with Gasteiger partial charge < -0.3 is 15.4 Å². The molecule has 98 valence electrons. The van der Waals surface area contributed by atoms with Gasteiger partial charge in [-0.05, 0) is 24.8 Å².